The van der Waals surface area contributed by atoms with Crippen molar-refractivity contribution in [3.05, 3.63) is 36.5 Å². The maximum atomic E-state index is 12.6. The predicted octanol–water partition coefficient (Wildman–Crippen LogP) is 25.9. The Hall–Kier alpha value is -1.39. The Morgan fingerprint density at radius 2 is 0.506 bits per heavy atom. The van der Waals surface area contributed by atoms with Crippen LogP contribution in [0, 0.1) is 0 Å². The largest absolute Gasteiger partial charge is 0.394 e. The molecule has 1 amide bonds. The standard InChI is InChI=1S/C77H149NO3/c1-3-5-7-9-11-13-15-17-19-21-23-25-27-29-31-33-35-36-37-38-39-40-41-42-43-45-47-49-51-53-55-57-59-61-63-65-67-69-71-73-77(81)78-75(74-79)76(80)72-70-68-66-64-62-60-58-56-54-52-50-48-46-44-34-32-30-28-26-24-22-20-18-16-14-12-10-8-6-4-2/h15,17,21,23,70,72,75-76,79-80H,3-14,16,18-20,22,24-69,71,73-74H2,1-2H3,(H,78,81)/b17-15-,23-21-,72-70+. The topological polar surface area (TPSA) is 69.6 Å². The van der Waals surface area contributed by atoms with Gasteiger partial charge in [0.1, 0.15) is 0 Å². The number of amides is 1. The molecule has 0 saturated heterocycles. The van der Waals surface area contributed by atoms with E-state index in [1.807, 2.05) is 6.08 Å². The van der Waals surface area contributed by atoms with E-state index in [0.717, 1.165) is 32.1 Å². The van der Waals surface area contributed by atoms with Gasteiger partial charge in [0.25, 0.3) is 0 Å². The first-order valence-corrected chi connectivity index (χ1v) is 37.7. The minimum absolute atomic E-state index is 0.0539. The number of aliphatic hydroxyl groups is 2. The van der Waals surface area contributed by atoms with E-state index in [2.05, 4.69) is 43.5 Å². The molecule has 4 heteroatoms. The number of hydrogen-bond acceptors (Lipinski definition) is 3. The van der Waals surface area contributed by atoms with Crippen LogP contribution in [-0.4, -0.2) is 34.9 Å². The van der Waals surface area contributed by atoms with E-state index in [4.69, 9.17) is 0 Å². The van der Waals surface area contributed by atoms with Gasteiger partial charge in [-0.15, -0.1) is 0 Å². The lowest BCUT2D eigenvalue weighted by Crippen LogP contribution is -2.45. The molecule has 0 aliphatic heterocycles. The summed E-state index contributed by atoms with van der Waals surface area (Å²) in [6.45, 7) is 4.35. The third-order valence-corrected chi connectivity index (χ3v) is 17.9. The summed E-state index contributed by atoms with van der Waals surface area (Å²) in [7, 11) is 0. The SMILES string of the molecule is CCCCCCC/C=C\C/C=C\CCCCCCCCCCCCCCCCCCCCCCCCCCCCCC(=O)NC(CO)C(O)/C=C/CCCCCCCCCCCCCCCCCCCCCCCCCCCCCC. The van der Waals surface area contributed by atoms with Crippen molar-refractivity contribution in [3.63, 3.8) is 0 Å². The molecule has 0 radical (unpaired) electrons. The van der Waals surface area contributed by atoms with Crippen molar-refractivity contribution in [2.24, 2.45) is 0 Å². The lowest BCUT2D eigenvalue weighted by Gasteiger charge is -2.20. The molecule has 0 aromatic rings. The van der Waals surface area contributed by atoms with Gasteiger partial charge in [0.2, 0.25) is 5.91 Å². The van der Waals surface area contributed by atoms with Crippen LogP contribution in [0.1, 0.15) is 431 Å². The molecule has 0 aliphatic rings. The number of unbranched alkanes of at least 4 members (excludes halogenated alkanes) is 60. The third kappa shape index (κ3) is 69.3. The molecule has 3 N–H and O–H groups in total. The van der Waals surface area contributed by atoms with Gasteiger partial charge >= 0.3 is 0 Å². The lowest BCUT2D eigenvalue weighted by molar-refractivity contribution is -0.123. The fraction of sp³-hybridized carbons (Fsp3) is 0.909. The van der Waals surface area contributed by atoms with Crippen molar-refractivity contribution in [3.8, 4) is 0 Å². The Morgan fingerprint density at radius 1 is 0.296 bits per heavy atom. The Morgan fingerprint density at radius 3 is 0.741 bits per heavy atom. The highest BCUT2D eigenvalue weighted by molar-refractivity contribution is 5.76. The normalized spacial score (nSPS) is 12.8. The molecule has 2 atom stereocenters. The quantitative estimate of drug-likeness (QED) is 0.0420. The molecule has 2 unspecified atom stereocenters. The van der Waals surface area contributed by atoms with Gasteiger partial charge in [-0.2, -0.15) is 0 Å². The van der Waals surface area contributed by atoms with E-state index < -0.39 is 12.1 Å². The summed E-state index contributed by atoms with van der Waals surface area (Å²) in [5.41, 5.74) is 0. The van der Waals surface area contributed by atoms with Gasteiger partial charge in [0, 0.05) is 6.42 Å². The van der Waals surface area contributed by atoms with Crippen molar-refractivity contribution in [2.75, 3.05) is 6.61 Å². The number of rotatable bonds is 71. The molecule has 0 fully saturated rings. The molecule has 0 heterocycles. The van der Waals surface area contributed by atoms with Crippen molar-refractivity contribution >= 4 is 5.91 Å². The van der Waals surface area contributed by atoms with E-state index >= 15 is 0 Å². The van der Waals surface area contributed by atoms with E-state index in [0.29, 0.717) is 6.42 Å². The van der Waals surface area contributed by atoms with Gasteiger partial charge in [-0.1, -0.05) is 410 Å². The average molecular weight is 1140 g/mol. The minimum Gasteiger partial charge on any atom is -0.394 e. The molecular formula is C77H149NO3. The van der Waals surface area contributed by atoms with Gasteiger partial charge < -0.3 is 15.5 Å². The maximum absolute atomic E-state index is 12.6. The summed E-state index contributed by atoms with van der Waals surface area (Å²) in [5.74, 6) is -0.0539. The van der Waals surface area contributed by atoms with Crippen molar-refractivity contribution in [2.45, 2.75) is 443 Å². The highest BCUT2D eigenvalue weighted by Gasteiger charge is 2.18. The van der Waals surface area contributed by atoms with Crippen LogP contribution >= 0.6 is 0 Å². The Kier molecular flexibility index (Phi) is 71.6. The fourth-order valence-electron chi connectivity index (χ4n) is 12.2. The fourth-order valence-corrected chi connectivity index (χ4v) is 12.2. The molecule has 480 valence electrons. The number of nitrogens with one attached hydrogen (secondary N) is 1. The molecule has 0 saturated carbocycles. The number of hydrogen-bond donors (Lipinski definition) is 3. The highest BCUT2D eigenvalue weighted by atomic mass is 16.3. The second-order valence-corrected chi connectivity index (χ2v) is 26.1. The van der Waals surface area contributed by atoms with Gasteiger partial charge in [0.05, 0.1) is 18.8 Å². The summed E-state index contributed by atoms with van der Waals surface area (Å²) in [6, 6.07) is -0.622. The van der Waals surface area contributed by atoms with Crippen LogP contribution in [0.4, 0.5) is 0 Å². The lowest BCUT2D eigenvalue weighted by atomic mass is 10.0. The van der Waals surface area contributed by atoms with Crippen LogP contribution in [-0.2, 0) is 4.79 Å². The number of allylic oxidation sites excluding steroid dienone is 5. The first kappa shape index (κ1) is 79.6. The van der Waals surface area contributed by atoms with Gasteiger partial charge in [-0.3, -0.25) is 4.79 Å². The molecule has 4 nitrogen and oxygen atoms in total. The summed E-state index contributed by atoms with van der Waals surface area (Å²) in [4.78, 5) is 12.6. The molecule has 0 spiro atoms. The van der Waals surface area contributed by atoms with Crippen LogP contribution in [0.3, 0.4) is 0 Å². The Balaban J connectivity index is 3.39. The summed E-state index contributed by atoms with van der Waals surface area (Å²) < 4.78 is 0. The van der Waals surface area contributed by atoms with Crippen LogP contribution in [0.2, 0.25) is 0 Å². The summed E-state index contributed by atoms with van der Waals surface area (Å²) >= 11 is 0. The molecule has 0 aromatic heterocycles. The maximum Gasteiger partial charge on any atom is 0.220 e. The zero-order valence-corrected chi connectivity index (χ0v) is 55.6. The van der Waals surface area contributed by atoms with Gasteiger partial charge in [-0.25, -0.2) is 0 Å². The van der Waals surface area contributed by atoms with Crippen molar-refractivity contribution in [1.29, 1.82) is 0 Å². The minimum atomic E-state index is -0.839. The average Bonchev–Trinajstić information content (AvgIpc) is 3.47. The summed E-state index contributed by atoms with van der Waals surface area (Å²) in [5, 5.41) is 23.3. The third-order valence-electron chi connectivity index (χ3n) is 17.9. The molecule has 0 aromatic carbocycles. The molecule has 0 rings (SSSR count). The van der Waals surface area contributed by atoms with E-state index in [1.165, 1.54) is 379 Å². The van der Waals surface area contributed by atoms with Crippen LogP contribution < -0.4 is 5.32 Å². The zero-order valence-electron chi connectivity index (χ0n) is 55.6. The smallest absolute Gasteiger partial charge is 0.220 e. The number of carbonyl (C=O) groups is 1. The molecular weight excluding hydrogens is 987 g/mol. The van der Waals surface area contributed by atoms with Crippen LogP contribution in [0.5, 0.6) is 0 Å². The van der Waals surface area contributed by atoms with E-state index in [-0.39, 0.29) is 12.5 Å². The van der Waals surface area contributed by atoms with Crippen LogP contribution in [0.15, 0.2) is 36.5 Å². The van der Waals surface area contributed by atoms with Crippen molar-refractivity contribution in [1.82, 2.24) is 5.32 Å². The highest BCUT2D eigenvalue weighted by Crippen LogP contribution is 2.20. The van der Waals surface area contributed by atoms with Gasteiger partial charge in [0.15, 0.2) is 0 Å². The second kappa shape index (κ2) is 72.9. The van der Waals surface area contributed by atoms with E-state index in [9.17, 15) is 15.0 Å². The number of carbonyl (C=O) groups excluding carboxylic acids is 1. The van der Waals surface area contributed by atoms with Gasteiger partial charge in [-0.05, 0) is 51.4 Å². The monoisotopic (exact) mass is 1140 g/mol. The van der Waals surface area contributed by atoms with Crippen LogP contribution in [0.25, 0.3) is 0 Å². The molecule has 81 heavy (non-hydrogen) atoms. The molecule has 0 aliphatic carbocycles. The number of aliphatic hydroxyl groups excluding tert-OH is 2. The zero-order chi connectivity index (χ0) is 58.4. The first-order valence-electron chi connectivity index (χ1n) is 37.7. The Labute approximate surface area is 510 Å². The Bertz CT molecular complexity index is 1240. The predicted molar refractivity (Wildman–Crippen MR) is 364 cm³/mol. The van der Waals surface area contributed by atoms with Crippen molar-refractivity contribution < 1.29 is 15.0 Å². The second-order valence-electron chi connectivity index (χ2n) is 26.1. The first-order chi connectivity index (χ1) is 40.2. The van der Waals surface area contributed by atoms with E-state index in [1.54, 1.807) is 6.08 Å². The molecule has 0 bridgehead atoms. The summed E-state index contributed by atoms with van der Waals surface area (Å²) in [6.07, 6.45) is 101.